The van der Waals surface area contributed by atoms with Gasteiger partial charge >= 0.3 is 0 Å². The van der Waals surface area contributed by atoms with Gasteiger partial charge in [-0.3, -0.25) is 4.90 Å². The molecule has 0 spiro atoms. The summed E-state index contributed by atoms with van der Waals surface area (Å²) >= 11 is 1.64. The van der Waals surface area contributed by atoms with Crippen molar-refractivity contribution in [2.75, 3.05) is 7.05 Å². The van der Waals surface area contributed by atoms with Crippen LogP contribution in [0.2, 0.25) is 0 Å². The molecule has 0 N–H and O–H groups in total. The molecular weight excluding hydrogens is 266 g/mol. The minimum absolute atomic E-state index is 0.436. The highest BCUT2D eigenvalue weighted by Gasteiger charge is 2.09. The highest BCUT2D eigenvalue weighted by Crippen LogP contribution is 2.15. The van der Waals surface area contributed by atoms with Crippen LogP contribution in [0.4, 0.5) is 8.78 Å². The highest BCUT2D eigenvalue weighted by molar-refractivity contribution is 7.09. The van der Waals surface area contributed by atoms with Crippen molar-refractivity contribution in [2.45, 2.75) is 26.4 Å². The van der Waals surface area contributed by atoms with Gasteiger partial charge in [0.05, 0.1) is 10.7 Å². The lowest BCUT2D eigenvalue weighted by molar-refractivity contribution is 0.310. The van der Waals surface area contributed by atoms with Crippen molar-refractivity contribution in [3.63, 3.8) is 0 Å². The first-order valence-corrected chi connectivity index (χ1v) is 7.02. The fourth-order valence-corrected chi connectivity index (χ4v) is 2.59. The van der Waals surface area contributed by atoms with E-state index in [2.05, 4.69) is 11.9 Å². The fraction of sp³-hybridized carbons (Fsp3) is 0.357. The molecule has 0 fully saturated rings. The summed E-state index contributed by atoms with van der Waals surface area (Å²) in [5.41, 5.74) is 1.49. The van der Waals surface area contributed by atoms with Gasteiger partial charge in [0.25, 0.3) is 0 Å². The average molecular weight is 282 g/mol. The number of nitrogens with zero attached hydrogens (tertiary/aromatic N) is 2. The zero-order valence-electron chi connectivity index (χ0n) is 11.0. The lowest BCUT2D eigenvalue weighted by Gasteiger charge is -2.15. The van der Waals surface area contributed by atoms with Crippen molar-refractivity contribution in [2.24, 2.45) is 0 Å². The lowest BCUT2D eigenvalue weighted by Crippen LogP contribution is -2.18. The Labute approximate surface area is 115 Å². The standard InChI is InChI=1S/C14H16F2N2S/c1-3-14-17-12(9-19-14)8-18(2)7-10-4-5-11(15)6-13(10)16/h4-6,9H,3,7-8H2,1-2H3. The molecule has 2 rings (SSSR count). The highest BCUT2D eigenvalue weighted by atomic mass is 32.1. The minimum Gasteiger partial charge on any atom is -0.296 e. The van der Waals surface area contributed by atoms with Crippen LogP contribution in [-0.4, -0.2) is 16.9 Å². The Hall–Kier alpha value is -1.33. The van der Waals surface area contributed by atoms with E-state index in [9.17, 15) is 8.78 Å². The van der Waals surface area contributed by atoms with Crippen molar-refractivity contribution >= 4 is 11.3 Å². The number of halogens is 2. The predicted octanol–water partition coefficient (Wildman–Crippen LogP) is 3.62. The van der Waals surface area contributed by atoms with E-state index in [-0.39, 0.29) is 0 Å². The fourth-order valence-electron chi connectivity index (χ4n) is 1.86. The quantitative estimate of drug-likeness (QED) is 0.832. The molecule has 0 bridgehead atoms. The van der Waals surface area contributed by atoms with Gasteiger partial charge in [-0.25, -0.2) is 13.8 Å². The van der Waals surface area contributed by atoms with Crippen LogP contribution in [0.5, 0.6) is 0 Å². The van der Waals surface area contributed by atoms with E-state index >= 15 is 0 Å². The van der Waals surface area contributed by atoms with Gasteiger partial charge in [-0.15, -0.1) is 11.3 Å². The Morgan fingerprint density at radius 1 is 1.26 bits per heavy atom. The van der Waals surface area contributed by atoms with Crippen LogP contribution >= 0.6 is 11.3 Å². The number of rotatable bonds is 5. The molecule has 102 valence electrons. The summed E-state index contributed by atoms with van der Waals surface area (Å²) in [4.78, 5) is 6.43. The summed E-state index contributed by atoms with van der Waals surface area (Å²) < 4.78 is 26.3. The summed E-state index contributed by atoms with van der Waals surface area (Å²) in [5.74, 6) is -1.05. The number of thiazole rings is 1. The van der Waals surface area contributed by atoms with Gasteiger partial charge in [0.2, 0.25) is 0 Å². The smallest absolute Gasteiger partial charge is 0.130 e. The van der Waals surface area contributed by atoms with Gasteiger partial charge in [-0.2, -0.15) is 0 Å². The molecule has 2 nitrogen and oxygen atoms in total. The van der Waals surface area contributed by atoms with Crippen LogP contribution in [-0.2, 0) is 19.5 Å². The first-order chi connectivity index (χ1) is 9.08. The average Bonchev–Trinajstić information content (AvgIpc) is 2.80. The molecule has 1 aromatic carbocycles. The number of aryl methyl sites for hydroxylation is 1. The maximum absolute atomic E-state index is 13.5. The molecule has 0 saturated carbocycles. The summed E-state index contributed by atoms with van der Waals surface area (Å²) in [6.45, 7) is 3.17. The third-order valence-corrected chi connectivity index (χ3v) is 3.83. The maximum Gasteiger partial charge on any atom is 0.130 e. The zero-order chi connectivity index (χ0) is 13.8. The number of hydrogen-bond donors (Lipinski definition) is 0. The van der Waals surface area contributed by atoms with E-state index in [0.29, 0.717) is 18.7 Å². The van der Waals surface area contributed by atoms with Crippen molar-refractivity contribution in [3.8, 4) is 0 Å². The Balaban J connectivity index is 1.98. The Morgan fingerprint density at radius 2 is 2.05 bits per heavy atom. The predicted molar refractivity (Wildman–Crippen MR) is 73.0 cm³/mol. The molecule has 19 heavy (non-hydrogen) atoms. The zero-order valence-corrected chi connectivity index (χ0v) is 11.8. The summed E-state index contributed by atoms with van der Waals surface area (Å²) in [7, 11) is 1.90. The number of aromatic nitrogens is 1. The van der Waals surface area contributed by atoms with E-state index in [1.807, 2.05) is 17.3 Å². The van der Waals surface area contributed by atoms with E-state index in [0.717, 1.165) is 23.2 Å². The third kappa shape index (κ3) is 3.81. The first kappa shape index (κ1) is 14.1. The van der Waals surface area contributed by atoms with Crippen LogP contribution in [0.15, 0.2) is 23.6 Å². The van der Waals surface area contributed by atoms with E-state index in [4.69, 9.17) is 0 Å². The second kappa shape index (κ2) is 6.21. The SMILES string of the molecule is CCc1nc(CN(C)Cc2ccc(F)cc2F)cs1. The second-order valence-electron chi connectivity index (χ2n) is 4.49. The second-order valence-corrected chi connectivity index (χ2v) is 5.44. The van der Waals surface area contributed by atoms with Crippen LogP contribution < -0.4 is 0 Å². The third-order valence-electron chi connectivity index (χ3n) is 2.79. The molecular formula is C14H16F2N2S. The number of hydrogen-bond acceptors (Lipinski definition) is 3. The summed E-state index contributed by atoms with van der Waals surface area (Å²) in [5, 5.41) is 3.13. The summed E-state index contributed by atoms with van der Waals surface area (Å²) in [6, 6.07) is 3.69. The molecule has 2 aromatic rings. The molecule has 5 heteroatoms. The van der Waals surface area contributed by atoms with Gasteiger partial charge in [-0.05, 0) is 19.5 Å². The van der Waals surface area contributed by atoms with Gasteiger partial charge in [0, 0.05) is 30.1 Å². The molecule has 0 aliphatic rings. The molecule has 0 amide bonds. The minimum atomic E-state index is -0.545. The van der Waals surface area contributed by atoms with Crippen molar-refractivity contribution in [1.82, 2.24) is 9.88 Å². The summed E-state index contributed by atoms with van der Waals surface area (Å²) in [6.07, 6.45) is 0.932. The molecule has 1 aromatic heterocycles. The first-order valence-electron chi connectivity index (χ1n) is 6.14. The normalized spacial score (nSPS) is 11.2. The molecule has 0 radical (unpaired) electrons. The van der Waals surface area contributed by atoms with Gasteiger partial charge in [-0.1, -0.05) is 13.0 Å². The van der Waals surface area contributed by atoms with Crippen molar-refractivity contribution in [1.29, 1.82) is 0 Å². The molecule has 0 unspecified atom stereocenters. The molecule has 0 saturated heterocycles. The largest absolute Gasteiger partial charge is 0.296 e. The van der Waals surface area contributed by atoms with Crippen molar-refractivity contribution in [3.05, 3.63) is 51.5 Å². The van der Waals surface area contributed by atoms with E-state index in [1.54, 1.807) is 11.3 Å². The van der Waals surface area contributed by atoms with Gasteiger partial charge in [0.1, 0.15) is 11.6 Å². The van der Waals surface area contributed by atoms with Crippen molar-refractivity contribution < 1.29 is 8.78 Å². The Kier molecular flexibility index (Phi) is 4.61. The molecule has 0 aliphatic heterocycles. The van der Waals surface area contributed by atoms with Crippen LogP contribution in [0.25, 0.3) is 0 Å². The van der Waals surface area contributed by atoms with Gasteiger partial charge in [0.15, 0.2) is 0 Å². The molecule has 0 aliphatic carbocycles. The van der Waals surface area contributed by atoms with Crippen LogP contribution in [0, 0.1) is 11.6 Å². The Morgan fingerprint density at radius 3 is 2.68 bits per heavy atom. The number of benzene rings is 1. The lowest BCUT2D eigenvalue weighted by atomic mass is 10.2. The van der Waals surface area contributed by atoms with Crippen LogP contribution in [0.3, 0.4) is 0 Å². The van der Waals surface area contributed by atoms with E-state index < -0.39 is 11.6 Å². The Bertz CT molecular complexity index is 554. The van der Waals surface area contributed by atoms with Crippen LogP contribution in [0.1, 0.15) is 23.2 Å². The van der Waals surface area contributed by atoms with E-state index in [1.165, 1.54) is 12.1 Å². The molecule has 1 heterocycles. The topological polar surface area (TPSA) is 16.1 Å². The maximum atomic E-state index is 13.5. The monoisotopic (exact) mass is 282 g/mol. The van der Waals surface area contributed by atoms with Gasteiger partial charge < -0.3 is 0 Å². The molecule has 0 atom stereocenters.